The van der Waals surface area contributed by atoms with Crippen LogP contribution in [-0.2, 0) is 5.75 Å². The zero-order chi connectivity index (χ0) is 18.5. The van der Waals surface area contributed by atoms with E-state index in [1.165, 1.54) is 5.56 Å². The number of anilines is 2. The molecule has 0 aliphatic rings. The van der Waals surface area contributed by atoms with Crippen LogP contribution in [0.2, 0.25) is 0 Å². The molecule has 2 aromatic carbocycles. The molecule has 6 heteroatoms. The maximum Gasteiger partial charge on any atom is 0.255 e. The fourth-order valence-electron chi connectivity index (χ4n) is 2.34. The molecule has 0 unspecified atom stereocenters. The van der Waals surface area contributed by atoms with Crippen molar-refractivity contribution in [1.29, 1.82) is 0 Å². The second kappa shape index (κ2) is 8.38. The number of benzene rings is 2. The lowest BCUT2D eigenvalue weighted by atomic mass is 10.1. The molecular weight excluding hydrogens is 362 g/mol. The number of nitrogens with one attached hydrogen (secondary N) is 1. The Morgan fingerprint density at radius 3 is 2.38 bits per heavy atom. The predicted molar refractivity (Wildman–Crippen MR) is 112 cm³/mol. The zero-order valence-electron chi connectivity index (χ0n) is 15.0. The van der Waals surface area contributed by atoms with E-state index in [-0.39, 0.29) is 5.91 Å². The van der Waals surface area contributed by atoms with Gasteiger partial charge in [0.15, 0.2) is 0 Å². The van der Waals surface area contributed by atoms with Gasteiger partial charge < -0.3 is 10.2 Å². The number of aromatic nitrogens is 1. The van der Waals surface area contributed by atoms with Crippen molar-refractivity contribution in [3.63, 3.8) is 0 Å². The van der Waals surface area contributed by atoms with Gasteiger partial charge in [-0.15, -0.1) is 11.3 Å². The van der Waals surface area contributed by atoms with Gasteiger partial charge in [-0.25, -0.2) is 4.98 Å². The van der Waals surface area contributed by atoms with Gasteiger partial charge in [0, 0.05) is 47.9 Å². The third-order valence-electron chi connectivity index (χ3n) is 3.82. The van der Waals surface area contributed by atoms with Crippen LogP contribution >= 0.6 is 23.1 Å². The third kappa shape index (κ3) is 4.86. The van der Waals surface area contributed by atoms with Crippen LogP contribution in [0, 0.1) is 6.92 Å². The zero-order valence-corrected chi connectivity index (χ0v) is 16.7. The second-order valence-corrected chi connectivity index (χ2v) is 8.22. The first-order valence-electron chi connectivity index (χ1n) is 8.24. The van der Waals surface area contributed by atoms with Crippen molar-refractivity contribution in [1.82, 2.24) is 4.98 Å². The van der Waals surface area contributed by atoms with Gasteiger partial charge in [-0.2, -0.15) is 0 Å². The summed E-state index contributed by atoms with van der Waals surface area (Å²) in [7, 11) is 3.98. The largest absolute Gasteiger partial charge is 0.378 e. The normalized spacial score (nSPS) is 10.6. The predicted octanol–water partition coefficient (Wildman–Crippen LogP) is 5.06. The Kier molecular flexibility index (Phi) is 5.96. The Hall–Kier alpha value is -2.31. The molecule has 0 saturated heterocycles. The molecule has 1 heterocycles. The summed E-state index contributed by atoms with van der Waals surface area (Å²) >= 11 is 3.38. The number of amides is 1. The Labute approximate surface area is 162 Å². The first-order valence-corrected chi connectivity index (χ1v) is 10.1. The molecule has 1 amide bonds. The molecular formula is C20H21N3OS2. The van der Waals surface area contributed by atoms with Gasteiger partial charge in [-0.1, -0.05) is 23.9 Å². The van der Waals surface area contributed by atoms with Crippen LogP contribution in [0.3, 0.4) is 0 Å². The van der Waals surface area contributed by atoms with Crippen molar-refractivity contribution in [2.45, 2.75) is 17.0 Å². The minimum absolute atomic E-state index is 0.0997. The summed E-state index contributed by atoms with van der Waals surface area (Å²) in [5.41, 5.74) is 4.78. The Bertz CT molecular complexity index is 871. The van der Waals surface area contributed by atoms with E-state index >= 15 is 0 Å². The Balaban J connectivity index is 1.57. The summed E-state index contributed by atoms with van der Waals surface area (Å²) in [6.45, 7) is 2.00. The fraction of sp³-hybridized carbons (Fsp3) is 0.200. The maximum absolute atomic E-state index is 12.4. The van der Waals surface area contributed by atoms with E-state index in [1.54, 1.807) is 23.1 Å². The van der Waals surface area contributed by atoms with Crippen LogP contribution in [0.4, 0.5) is 11.4 Å². The topological polar surface area (TPSA) is 45.2 Å². The number of carbonyl (C=O) groups excluding carboxylic acids is 1. The summed E-state index contributed by atoms with van der Waals surface area (Å²) in [5.74, 6) is 0.748. The molecule has 0 radical (unpaired) electrons. The highest BCUT2D eigenvalue weighted by Gasteiger charge is 2.07. The standard InChI is InChI=1S/C20H21N3OS2/c1-14-12-25-20(21-14)26-13-15-4-6-16(7-5-15)19(24)22-17-8-10-18(11-9-17)23(2)3/h4-12H,13H2,1-3H3,(H,22,24). The van der Waals surface area contributed by atoms with E-state index < -0.39 is 0 Å². The molecule has 4 nitrogen and oxygen atoms in total. The SMILES string of the molecule is Cc1csc(SCc2ccc(C(=O)Nc3ccc(N(C)C)cc3)cc2)n1. The number of carbonyl (C=O) groups is 1. The monoisotopic (exact) mass is 383 g/mol. The van der Waals surface area contributed by atoms with Gasteiger partial charge in [-0.3, -0.25) is 4.79 Å². The first kappa shape index (κ1) is 18.5. The Morgan fingerprint density at radius 1 is 1.12 bits per heavy atom. The van der Waals surface area contributed by atoms with E-state index in [9.17, 15) is 4.79 Å². The average Bonchev–Trinajstić information content (AvgIpc) is 3.06. The molecule has 0 aliphatic carbocycles. The molecule has 3 rings (SSSR count). The van der Waals surface area contributed by atoms with Crippen molar-refractivity contribution >= 4 is 40.4 Å². The molecule has 3 aromatic rings. The van der Waals surface area contributed by atoms with Crippen LogP contribution in [0.15, 0.2) is 58.3 Å². The molecule has 0 fully saturated rings. The number of hydrogen-bond donors (Lipinski definition) is 1. The van der Waals surface area contributed by atoms with Crippen molar-refractivity contribution in [3.8, 4) is 0 Å². The highest BCUT2D eigenvalue weighted by atomic mass is 32.2. The molecule has 1 aromatic heterocycles. The maximum atomic E-state index is 12.4. The summed E-state index contributed by atoms with van der Waals surface area (Å²) in [5, 5.41) is 4.99. The average molecular weight is 384 g/mol. The summed E-state index contributed by atoms with van der Waals surface area (Å²) in [6.07, 6.45) is 0. The van der Waals surface area contributed by atoms with Gasteiger partial charge in [0.1, 0.15) is 4.34 Å². The lowest BCUT2D eigenvalue weighted by Crippen LogP contribution is -2.12. The van der Waals surface area contributed by atoms with Crippen LogP contribution in [0.5, 0.6) is 0 Å². The summed E-state index contributed by atoms with van der Waals surface area (Å²) in [6, 6.07) is 15.5. The quantitative estimate of drug-likeness (QED) is 0.604. The molecule has 0 bridgehead atoms. The van der Waals surface area contributed by atoms with Crippen LogP contribution < -0.4 is 10.2 Å². The number of nitrogens with zero attached hydrogens (tertiary/aromatic N) is 2. The van der Waals surface area contributed by atoms with E-state index in [0.717, 1.165) is 27.2 Å². The van der Waals surface area contributed by atoms with Crippen LogP contribution in [0.25, 0.3) is 0 Å². The smallest absolute Gasteiger partial charge is 0.255 e. The van der Waals surface area contributed by atoms with Gasteiger partial charge in [0.2, 0.25) is 0 Å². The second-order valence-electron chi connectivity index (χ2n) is 6.14. The molecule has 134 valence electrons. The number of thioether (sulfide) groups is 1. The third-order valence-corrected chi connectivity index (χ3v) is 6.03. The van der Waals surface area contributed by atoms with Crippen molar-refractivity contribution in [2.24, 2.45) is 0 Å². The summed E-state index contributed by atoms with van der Waals surface area (Å²) < 4.78 is 1.07. The highest BCUT2D eigenvalue weighted by Crippen LogP contribution is 2.26. The molecule has 0 spiro atoms. The van der Waals surface area contributed by atoms with Crippen molar-refractivity contribution < 1.29 is 4.79 Å². The van der Waals surface area contributed by atoms with Crippen molar-refractivity contribution in [3.05, 3.63) is 70.7 Å². The minimum Gasteiger partial charge on any atom is -0.378 e. The molecule has 0 atom stereocenters. The van der Waals surface area contributed by atoms with Crippen molar-refractivity contribution in [2.75, 3.05) is 24.3 Å². The lowest BCUT2D eigenvalue weighted by molar-refractivity contribution is 0.102. The van der Waals surface area contributed by atoms with Gasteiger partial charge in [-0.05, 0) is 48.9 Å². The molecule has 0 aliphatic heterocycles. The van der Waals surface area contributed by atoms with Gasteiger partial charge >= 0.3 is 0 Å². The first-order chi connectivity index (χ1) is 12.5. The molecule has 1 N–H and O–H groups in total. The lowest BCUT2D eigenvalue weighted by Gasteiger charge is -2.13. The van der Waals surface area contributed by atoms with Crippen LogP contribution in [-0.4, -0.2) is 25.0 Å². The number of rotatable bonds is 6. The highest BCUT2D eigenvalue weighted by molar-refractivity contribution is 8.00. The van der Waals surface area contributed by atoms with E-state index in [2.05, 4.69) is 15.7 Å². The number of thiazole rings is 1. The molecule has 0 saturated carbocycles. The summed E-state index contributed by atoms with van der Waals surface area (Å²) in [4.78, 5) is 18.9. The van der Waals surface area contributed by atoms with Crippen LogP contribution in [0.1, 0.15) is 21.6 Å². The van der Waals surface area contributed by atoms with E-state index in [0.29, 0.717) is 5.56 Å². The minimum atomic E-state index is -0.0997. The van der Waals surface area contributed by atoms with E-state index in [1.807, 2.05) is 74.4 Å². The van der Waals surface area contributed by atoms with E-state index in [4.69, 9.17) is 0 Å². The number of aryl methyl sites for hydroxylation is 1. The van der Waals surface area contributed by atoms with Gasteiger partial charge in [0.05, 0.1) is 0 Å². The van der Waals surface area contributed by atoms with Gasteiger partial charge in [0.25, 0.3) is 5.91 Å². The number of hydrogen-bond acceptors (Lipinski definition) is 5. The molecule has 26 heavy (non-hydrogen) atoms. The Morgan fingerprint density at radius 2 is 1.81 bits per heavy atom. The fourth-order valence-corrected chi connectivity index (χ4v) is 4.15.